The van der Waals surface area contributed by atoms with Gasteiger partial charge in [-0.2, -0.15) is 0 Å². The first kappa shape index (κ1) is 19.5. The molecule has 0 spiro atoms. The monoisotopic (exact) mass is 360 g/mol. The molecule has 1 unspecified atom stereocenters. The summed E-state index contributed by atoms with van der Waals surface area (Å²) >= 11 is 0. The highest BCUT2D eigenvalue weighted by Gasteiger charge is 2.18. The van der Waals surface area contributed by atoms with Crippen molar-refractivity contribution >= 4 is 11.7 Å². The van der Waals surface area contributed by atoms with Gasteiger partial charge in [0.25, 0.3) is 5.91 Å². The maximum absolute atomic E-state index is 12.1. The molecule has 0 aliphatic heterocycles. The molecule has 1 atom stereocenters. The highest BCUT2D eigenvalue weighted by atomic mass is 16.5. The molecule has 0 saturated carbocycles. The van der Waals surface area contributed by atoms with Crippen LogP contribution in [0.1, 0.15) is 29.1 Å². The van der Waals surface area contributed by atoms with Crippen LogP contribution in [0.3, 0.4) is 0 Å². The number of methoxy groups -OCH3 is 1. The third-order valence-corrected chi connectivity index (χ3v) is 3.92. The number of Topliss-reactive ketones (excluding diaryl/α,β-unsaturated/α-hetero) is 1. The molecule has 0 saturated heterocycles. The lowest BCUT2D eigenvalue weighted by atomic mass is 10.1. The molecule has 0 aliphatic carbocycles. The van der Waals surface area contributed by atoms with Gasteiger partial charge in [-0.1, -0.05) is 0 Å². The Labute approximate surface area is 152 Å². The van der Waals surface area contributed by atoms with Crippen LogP contribution in [-0.2, 0) is 4.79 Å². The molecule has 0 bridgehead atoms. The molecule has 1 N–H and O–H groups in total. The molecule has 1 heterocycles. The second-order valence-electron chi connectivity index (χ2n) is 6.01. The number of carbonyl (C=O) groups is 2. The fraction of sp³-hybridized carbons (Fsp3) is 0.368. The molecule has 7 heteroatoms. The van der Waals surface area contributed by atoms with E-state index in [0.717, 1.165) is 5.76 Å². The van der Waals surface area contributed by atoms with Crippen LogP contribution >= 0.6 is 0 Å². The van der Waals surface area contributed by atoms with E-state index in [-0.39, 0.29) is 24.3 Å². The van der Waals surface area contributed by atoms with Crippen LogP contribution in [0.4, 0.5) is 0 Å². The molecule has 0 aliphatic rings. The fourth-order valence-electron chi connectivity index (χ4n) is 2.43. The second-order valence-corrected chi connectivity index (χ2v) is 6.01. The van der Waals surface area contributed by atoms with Gasteiger partial charge in [0.2, 0.25) is 0 Å². The highest BCUT2D eigenvalue weighted by Crippen LogP contribution is 2.28. The zero-order valence-electron chi connectivity index (χ0n) is 15.4. The van der Waals surface area contributed by atoms with Crippen LogP contribution in [0.2, 0.25) is 0 Å². The minimum atomic E-state index is -0.263. The average Bonchev–Trinajstić information content (AvgIpc) is 3.13. The van der Waals surface area contributed by atoms with Crippen molar-refractivity contribution in [1.29, 1.82) is 0 Å². The molecule has 0 fully saturated rings. The molecular weight excluding hydrogens is 336 g/mol. The second kappa shape index (κ2) is 9.05. The first-order valence-corrected chi connectivity index (χ1v) is 8.20. The van der Waals surface area contributed by atoms with Gasteiger partial charge in [0.15, 0.2) is 23.9 Å². The smallest absolute Gasteiger partial charge is 0.258 e. The first-order valence-electron chi connectivity index (χ1n) is 8.20. The van der Waals surface area contributed by atoms with E-state index in [1.807, 2.05) is 31.1 Å². The number of rotatable bonds is 9. The number of amides is 1. The molecule has 0 radical (unpaired) electrons. The van der Waals surface area contributed by atoms with Crippen LogP contribution in [0.25, 0.3) is 0 Å². The number of benzene rings is 1. The lowest BCUT2D eigenvalue weighted by Gasteiger charge is -2.22. The van der Waals surface area contributed by atoms with E-state index in [1.165, 1.54) is 14.0 Å². The van der Waals surface area contributed by atoms with Crippen molar-refractivity contribution in [3.05, 3.63) is 47.9 Å². The lowest BCUT2D eigenvalue weighted by molar-refractivity contribution is -0.123. The predicted molar refractivity (Wildman–Crippen MR) is 96.6 cm³/mol. The van der Waals surface area contributed by atoms with Crippen molar-refractivity contribution < 1.29 is 23.5 Å². The van der Waals surface area contributed by atoms with Gasteiger partial charge in [0.1, 0.15) is 5.76 Å². The Hall–Kier alpha value is -2.80. The number of ketones is 1. The van der Waals surface area contributed by atoms with Crippen LogP contribution < -0.4 is 14.8 Å². The van der Waals surface area contributed by atoms with Gasteiger partial charge in [0, 0.05) is 12.1 Å². The van der Waals surface area contributed by atoms with Crippen LogP contribution in [0.5, 0.6) is 11.5 Å². The van der Waals surface area contributed by atoms with Gasteiger partial charge in [0.05, 0.1) is 19.4 Å². The van der Waals surface area contributed by atoms with E-state index in [9.17, 15) is 9.59 Å². The van der Waals surface area contributed by atoms with Gasteiger partial charge in [-0.3, -0.25) is 14.5 Å². The summed E-state index contributed by atoms with van der Waals surface area (Å²) in [5.74, 6) is 1.26. The number of carbonyl (C=O) groups excluding carboxylic acids is 2. The van der Waals surface area contributed by atoms with Crippen molar-refractivity contribution in [2.45, 2.75) is 13.0 Å². The van der Waals surface area contributed by atoms with Gasteiger partial charge in [-0.05, 0) is 51.4 Å². The Balaban J connectivity index is 1.91. The molecule has 1 amide bonds. The minimum Gasteiger partial charge on any atom is -0.493 e. The third kappa shape index (κ3) is 5.10. The number of hydrogen-bond acceptors (Lipinski definition) is 6. The van der Waals surface area contributed by atoms with Crippen molar-refractivity contribution in [1.82, 2.24) is 10.2 Å². The summed E-state index contributed by atoms with van der Waals surface area (Å²) in [5, 5.41) is 2.83. The van der Waals surface area contributed by atoms with Crippen molar-refractivity contribution in [2.75, 3.05) is 34.4 Å². The van der Waals surface area contributed by atoms with Crippen molar-refractivity contribution in [3.8, 4) is 11.5 Å². The maximum Gasteiger partial charge on any atom is 0.258 e. The summed E-state index contributed by atoms with van der Waals surface area (Å²) in [4.78, 5) is 25.5. The van der Waals surface area contributed by atoms with Gasteiger partial charge in [-0.25, -0.2) is 0 Å². The van der Waals surface area contributed by atoms with E-state index in [4.69, 9.17) is 13.9 Å². The topological polar surface area (TPSA) is 81.0 Å². The molecule has 1 aromatic carbocycles. The fourth-order valence-corrected chi connectivity index (χ4v) is 2.43. The maximum atomic E-state index is 12.1. The molecule has 140 valence electrons. The molecule has 2 rings (SSSR count). The predicted octanol–water partition coefficient (Wildman–Crippen LogP) is 2.29. The van der Waals surface area contributed by atoms with E-state index < -0.39 is 0 Å². The summed E-state index contributed by atoms with van der Waals surface area (Å²) in [5.41, 5.74) is 0.519. The van der Waals surface area contributed by atoms with E-state index >= 15 is 0 Å². The number of furan rings is 1. The number of nitrogens with one attached hydrogen (secondary N) is 1. The number of likely N-dealkylation sites (N-methyl/N-ethyl adjacent to an activating group) is 1. The molecule has 26 heavy (non-hydrogen) atoms. The Morgan fingerprint density at radius 1 is 1.23 bits per heavy atom. The Morgan fingerprint density at radius 3 is 2.58 bits per heavy atom. The molecule has 1 aromatic heterocycles. The number of nitrogens with zero attached hydrogens (tertiary/aromatic N) is 1. The first-order chi connectivity index (χ1) is 12.4. The average molecular weight is 360 g/mol. The zero-order chi connectivity index (χ0) is 19.1. The molecular formula is C19H24N2O5. The summed E-state index contributed by atoms with van der Waals surface area (Å²) in [6, 6.07) is 8.46. The third-order valence-electron chi connectivity index (χ3n) is 3.92. The summed E-state index contributed by atoms with van der Waals surface area (Å²) in [7, 11) is 5.31. The Bertz CT molecular complexity index is 740. The quantitative estimate of drug-likeness (QED) is 0.691. The largest absolute Gasteiger partial charge is 0.493 e. The highest BCUT2D eigenvalue weighted by molar-refractivity contribution is 5.94. The van der Waals surface area contributed by atoms with Gasteiger partial charge >= 0.3 is 0 Å². The van der Waals surface area contributed by atoms with E-state index in [2.05, 4.69) is 5.32 Å². The van der Waals surface area contributed by atoms with Crippen molar-refractivity contribution in [3.63, 3.8) is 0 Å². The number of ether oxygens (including phenoxy) is 2. The Kier molecular flexibility index (Phi) is 6.80. The molecule has 7 nitrogen and oxygen atoms in total. The SMILES string of the molecule is COc1cc(C(C)=O)ccc1OCC(=O)NCC(c1ccco1)N(C)C. The van der Waals surface area contributed by atoms with Crippen LogP contribution in [-0.4, -0.2) is 50.9 Å². The van der Waals surface area contributed by atoms with Crippen LogP contribution in [0.15, 0.2) is 41.0 Å². The summed E-state index contributed by atoms with van der Waals surface area (Å²) in [6.45, 7) is 1.71. The summed E-state index contributed by atoms with van der Waals surface area (Å²) < 4.78 is 16.2. The van der Waals surface area contributed by atoms with E-state index in [1.54, 1.807) is 24.5 Å². The van der Waals surface area contributed by atoms with Crippen molar-refractivity contribution in [2.24, 2.45) is 0 Å². The zero-order valence-corrected chi connectivity index (χ0v) is 15.4. The Morgan fingerprint density at radius 2 is 2.00 bits per heavy atom. The summed E-state index contributed by atoms with van der Waals surface area (Å²) in [6.07, 6.45) is 1.60. The number of hydrogen-bond donors (Lipinski definition) is 1. The minimum absolute atomic E-state index is 0.0692. The standard InChI is InChI=1S/C19H24N2O5/c1-13(22)14-7-8-17(18(10-14)24-4)26-12-19(23)20-11-15(21(2)3)16-6-5-9-25-16/h5-10,15H,11-12H2,1-4H3,(H,20,23). The lowest BCUT2D eigenvalue weighted by Crippen LogP contribution is -2.36. The van der Waals surface area contributed by atoms with E-state index in [0.29, 0.717) is 23.6 Å². The van der Waals surface area contributed by atoms with Gasteiger partial charge < -0.3 is 19.2 Å². The molecule has 2 aromatic rings. The van der Waals surface area contributed by atoms with Gasteiger partial charge in [-0.15, -0.1) is 0 Å². The van der Waals surface area contributed by atoms with Crippen LogP contribution in [0, 0.1) is 0 Å². The normalized spacial score (nSPS) is 11.9.